The van der Waals surface area contributed by atoms with Gasteiger partial charge in [0.25, 0.3) is 0 Å². The largest absolute Gasteiger partial charge is 0.0739 e. The Morgan fingerprint density at radius 3 is 1.81 bits per heavy atom. The molecule has 1 aromatic rings. The van der Waals surface area contributed by atoms with Crippen LogP contribution in [-0.4, -0.2) is 23.0 Å². The summed E-state index contributed by atoms with van der Waals surface area (Å²) in [5.41, 5.74) is 0. The fourth-order valence-corrected chi connectivity index (χ4v) is 41.9. The van der Waals surface area contributed by atoms with Gasteiger partial charge in [0, 0.05) is 15.9 Å². The summed E-state index contributed by atoms with van der Waals surface area (Å²) in [6, 6.07) is 12.9. The van der Waals surface area contributed by atoms with E-state index in [1.165, 1.54) is 6.04 Å². The van der Waals surface area contributed by atoms with Crippen LogP contribution in [0.5, 0.6) is 0 Å². The summed E-state index contributed by atoms with van der Waals surface area (Å²) in [4.78, 5) is 0. The average molecular weight is 267 g/mol. The van der Waals surface area contributed by atoms with Gasteiger partial charge in [-0.1, -0.05) is 81.2 Å². The zero-order valence-corrected chi connectivity index (χ0v) is 14.8. The number of hydrogen-bond donors (Lipinski definition) is 0. The van der Waals surface area contributed by atoms with Gasteiger partial charge in [-0.15, -0.1) is 0 Å². The molecule has 0 saturated carbocycles. The van der Waals surface area contributed by atoms with E-state index in [2.05, 4.69) is 70.0 Å². The second kappa shape index (κ2) is 5.02. The molecule has 0 amide bonds. The van der Waals surface area contributed by atoms with Crippen molar-refractivity contribution in [3.8, 4) is 0 Å². The normalized spacial score (nSPS) is 16.2. The fourth-order valence-electron chi connectivity index (χ4n) is 3.51. The van der Waals surface area contributed by atoms with E-state index in [-0.39, 0.29) is 0 Å². The molecule has 3 heteroatoms. The van der Waals surface area contributed by atoms with Crippen LogP contribution < -0.4 is 5.19 Å². The van der Waals surface area contributed by atoms with Gasteiger partial charge >= 0.3 is 0 Å². The lowest BCUT2D eigenvalue weighted by Crippen LogP contribution is -2.72. The molecule has 0 fully saturated rings. The van der Waals surface area contributed by atoms with Gasteiger partial charge in [-0.05, 0) is 0 Å². The van der Waals surface area contributed by atoms with E-state index in [0.29, 0.717) is 0 Å². The number of hydrogen-bond acceptors (Lipinski definition) is 0. The molecule has 1 rings (SSSR count). The summed E-state index contributed by atoms with van der Waals surface area (Å²) in [6.45, 7) is 15.4. The molecule has 0 aromatic heterocycles. The van der Waals surface area contributed by atoms with Gasteiger partial charge < -0.3 is 0 Å². The van der Waals surface area contributed by atoms with Crippen LogP contribution >= 0.6 is 0 Å². The maximum Gasteiger partial charge on any atom is 0.0698 e. The van der Waals surface area contributed by atoms with E-state index in [4.69, 9.17) is 0 Å². The monoisotopic (exact) mass is 266 g/mol. The first-order valence-corrected chi connectivity index (χ1v) is 17.2. The molecule has 90 valence electrons. The Balaban J connectivity index is 3.36. The Morgan fingerprint density at radius 2 is 1.50 bits per heavy atom. The van der Waals surface area contributed by atoms with Crippen LogP contribution in [0, 0.1) is 0 Å². The van der Waals surface area contributed by atoms with Gasteiger partial charge in [0.15, 0.2) is 0 Å². The zero-order chi connectivity index (χ0) is 12.4. The molecule has 0 aliphatic rings. The maximum atomic E-state index is 2.60. The molecule has 1 atom stereocenters. The Hall–Kier alpha value is -0.129. The minimum atomic E-state index is -1.15. The third-order valence-electron chi connectivity index (χ3n) is 4.17. The van der Waals surface area contributed by atoms with Crippen LogP contribution in [-0.2, 0) is 0 Å². The van der Waals surface area contributed by atoms with Gasteiger partial charge in [-0.2, -0.15) is 0 Å². The van der Waals surface area contributed by atoms with Crippen molar-refractivity contribution in [2.45, 2.75) is 45.7 Å². The molecule has 0 N–H and O–H groups in total. The second-order valence-corrected chi connectivity index (χ2v) is 31.5. The third kappa shape index (κ3) is 2.26. The molecule has 0 aliphatic carbocycles. The van der Waals surface area contributed by atoms with Crippen molar-refractivity contribution in [1.82, 2.24) is 0 Å². The Labute approximate surface area is 104 Å². The second-order valence-electron chi connectivity index (χ2n) is 6.10. The molecule has 0 spiro atoms. The number of benzene rings is 1. The lowest BCUT2D eigenvalue weighted by atomic mass is 10.4. The average Bonchev–Trinajstić information content (AvgIpc) is 2.18. The summed E-state index contributed by atoms with van der Waals surface area (Å²) >= 11 is 0. The van der Waals surface area contributed by atoms with Crippen LogP contribution in [0.4, 0.5) is 0 Å². The Morgan fingerprint density at radius 1 is 1.00 bits per heavy atom. The van der Waals surface area contributed by atoms with Crippen LogP contribution in [0.25, 0.3) is 0 Å². The highest BCUT2D eigenvalue weighted by molar-refractivity contribution is 7.68. The molecular formula is C13H26Si3. The minimum Gasteiger partial charge on any atom is -0.0739 e. The highest BCUT2D eigenvalue weighted by atomic mass is 29.6. The predicted octanol–water partition coefficient (Wildman–Crippen LogP) is 3.34. The van der Waals surface area contributed by atoms with E-state index >= 15 is 0 Å². The molecule has 16 heavy (non-hydrogen) atoms. The van der Waals surface area contributed by atoms with Crippen LogP contribution in [0.3, 0.4) is 0 Å². The zero-order valence-electron chi connectivity index (χ0n) is 11.7. The summed E-state index contributed by atoms with van der Waals surface area (Å²) in [6.07, 6.45) is 0. The molecule has 0 radical (unpaired) electrons. The fraction of sp³-hybridized carbons (Fsp3) is 0.538. The van der Waals surface area contributed by atoms with Gasteiger partial charge in [0.05, 0.1) is 7.11 Å². The molecule has 0 aliphatic heterocycles. The smallest absolute Gasteiger partial charge is 0.0698 e. The SMILES string of the molecule is CC[Si](c1ccccc1)([SiH](C)C)[Si](C)(C)C. The molecular weight excluding hydrogens is 240 g/mol. The molecule has 0 bridgehead atoms. The molecule has 0 nitrogen and oxygen atoms in total. The van der Waals surface area contributed by atoms with E-state index < -0.39 is 23.0 Å². The highest BCUT2D eigenvalue weighted by Gasteiger charge is 2.47. The van der Waals surface area contributed by atoms with Crippen LogP contribution in [0.1, 0.15) is 6.92 Å². The van der Waals surface area contributed by atoms with Crippen molar-refractivity contribution in [3.05, 3.63) is 30.3 Å². The maximum absolute atomic E-state index is 2.60. The summed E-state index contributed by atoms with van der Waals surface area (Å²) in [5, 5.41) is 1.75. The predicted molar refractivity (Wildman–Crippen MR) is 84.5 cm³/mol. The summed E-state index contributed by atoms with van der Waals surface area (Å²) in [5.74, 6) is 0. The lowest BCUT2D eigenvalue weighted by molar-refractivity contribution is 1.42. The first-order valence-electron chi connectivity index (χ1n) is 6.41. The van der Waals surface area contributed by atoms with Gasteiger partial charge in [0.1, 0.15) is 0 Å². The highest BCUT2D eigenvalue weighted by Crippen LogP contribution is 2.26. The first kappa shape index (κ1) is 13.9. The van der Waals surface area contributed by atoms with Crippen molar-refractivity contribution in [1.29, 1.82) is 0 Å². The van der Waals surface area contributed by atoms with Crippen molar-refractivity contribution in [3.63, 3.8) is 0 Å². The quantitative estimate of drug-likeness (QED) is 0.733. The topological polar surface area (TPSA) is 0 Å². The van der Waals surface area contributed by atoms with Crippen LogP contribution in [0.15, 0.2) is 30.3 Å². The van der Waals surface area contributed by atoms with E-state index in [9.17, 15) is 0 Å². The van der Waals surface area contributed by atoms with Crippen molar-refractivity contribution < 1.29 is 0 Å². The standard InChI is InChI=1S/C13H26Si3/c1-7-16(14(2)3,15(4,5)6)13-11-9-8-10-12-13/h8-12,14H,7H2,1-6H3. The number of rotatable bonds is 4. The lowest BCUT2D eigenvalue weighted by Gasteiger charge is -2.45. The third-order valence-corrected chi connectivity index (χ3v) is 42.4. The molecule has 1 aromatic carbocycles. The first-order chi connectivity index (χ1) is 7.36. The van der Waals surface area contributed by atoms with E-state index in [0.717, 1.165) is 0 Å². The molecule has 0 heterocycles. The van der Waals surface area contributed by atoms with Crippen molar-refractivity contribution in [2.24, 2.45) is 0 Å². The van der Waals surface area contributed by atoms with E-state index in [1.54, 1.807) is 5.19 Å². The van der Waals surface area contributed by atoms with Crippen molar-refractivity contribution in [2.75, 3.05) is 0 Å². The van der Waals surface area contributed by atoms with E-state index in [1.807, 2.05) is 0 Å². The van der Waals surface area contributed by atoms with Gasteiger partial charge in [-0.25, -0.2) is 0 Å². The van der Waals surface area contributed by atoms with Crippen molar-refractivity contribution >= 4 is 28.2 Å². The summed E-state index contributed by atoms with van der Waals surface area (Å²) in [7, 11) is -2.76. The summed E-state index contributed by atoms with van der Waals surface area (Å²) < 4.78 is 0. The Kier molecular flexibility index (Phi) is 4.37. The van der Waals surface area contributed by atoms with Gasteiger partial charge in [0.2, 0.25) is 0 Å². The minimum absolute atomic E-state index is 0.572. The van der Waals surface area contributed by atoms with Gasteiger partial charge in [-0.3, -0.25) is 0 Å². The molecule has 1 unspecified atom stereocenters. The molecule has 0 saturated heterocycles. The Bertz CT molecular complexity index is 327. The van der Waals surface area contributed by atoms with Crippen LogP contribution in [0.2, 0.25) is 38.8 Å².